The summed E-state index contributed by atoms with van der Waals surface area (Å²) in [4.78, 5) is 25.5. The number of phenols is 1. The van der Waals surface area contributed by atoms with E-state index in [1.165, 1.54) is 13.2 Å². The van der Waals surface area contributed by atoms with Crippen LogP contribution in [0.2, 0.25) is 0 Å². The first-order chi connectivity index (χ1) is 12.5. The van der Waals surface area contributed by atoms with E-state index in [1.54, 1.807) is 18.2 Å². The molecule has 4 fully saturated rings. The second kappa shape index (κ2) is 5.08. The second-order valence-corrected chi connectivity index (χ2v) is 7.25. The Morgan fingerprint density at radius 3 is 3.00 bits per heavy atom. The number of carbonyl (C=O) groups is 2. The summed E-state index contributed by atoms with van der Waals surface area (Å²) in [6, 6.07) is 4.85. The van der Waals surface area contributed by atoms with Gasteiger partial charge in [0.15, 0.2) is 17.3 Å². The van der Waals surface area contributed by atoms with Crippen LogP contribution in [-0.4, -0.2) is 55.0 Å². The van der Waals surface area contributed by atoms with Gasteiger partial charge in [-0.05, 0) is 30.2 Å². The highest BCUT2D eigenvalue weighted by atomic mass is 16.6. The zero-order valence-electron chi connectivity index (χ0n) is 14.2. The van der Waals surface area contributed by atoms with E-state index in [0.717, 1.165) is 0 Å². The average Bonchev–Trinajstić information content (AvgIpc) is 3.13. The Balaban J connectivity index is 1.63. The highest BCUT2D eigenvalue weighted by molar-refractivity contribution is 6.06. The van der Waals surface area contributed by atoms with Crippen molar-refractivity contribution in [2.45, 2.75) is 30.7 Å². The van der Waals surface area contributed by atoms with Gasteiger partial charge < -0.3 is 24.1 Å². The fourth-order valence-electron chi connectivity index (χ4n) is 4.84. The number of carbonyl (C=O) groups excluding carboxylic acids is 2. The number of ketones is 1. The molecule has 136 valence electrons. The van der Waals surface area contributed by atoms with E-state index >= 15 is 0 Å². The van der Waals surface area contributed by atoms with Gasteiger partial charge in [-0.2, -0.15) is 0 Å². The third kappa shape index (κ3) is 1.74. The number of hydrogen-bond donors (Lipinski definition) is 1. The zero-order valence-corrected chi connectivity index (χ0v) is 14.2. The minimum absolute atomic E-state index is 0.0225. The summed E-state index contributed by atoms with van der Waals surface area (Å²) in [6.45, 7) is 0.484. The first kappa shape index (κ1) is 15.8. The number of benzene rings is 1. The normalized spacial score (nSPS) is 39.0. The number of Topliss-reactive ketones (excluding diaryl/α,β-unsaturated/α-hetero) is 1. The maximum absolute atomic E-state index is 13.0. The zero-order chi connectivity index (χ0) is 18.1. The standard InChI is InChI=1S/C19H18O7/c1-23-13-7-10(2-3-12(13)20)6-11-15(21)14-8-18-4-5-24-16(11)19(18,26-14)9-25-17(18)22/h2-3,6-7,14,16,20H,4-5,8-9H2,1H3/b11-6-. The number of phenolic OH excluding ortho intramolecular Hbond substituents is 1. The molecule has 1 aromatic rings. The molecule has 0 aliphatic carbocycles. The Labute approximate surface area is 149 Å². The number of fused-ring (bicyclic) bond motifs is 1. The van der Waals surface area contributed by atoms with Crippen LogP contribution in [0.25, 0.3) is 6.08 Å². The molecule has 4 aliphatic rings. The van der Waals surface area contributed by atoms with Crippen LogP contribution < -0.4 is 4.74 Å². The van der Waals surface area contributed by atoms with Crippen LogP contribution in [0.4, 0.5) is 0 Å². The summed E-state index contributed by atoms with van der Waals surface area (Å²) in [5, 5.41) is 9.77. The first-order valence-corrected chi connectivity index (χ1v) is 8.60. The molecule has 26 heavy (non-hydrogen) atoms. The van der Waals surface area contributed by atoms with Crippen molar-refractivity contribution in [2.24, 2.45) is 5.41 Å². The quantitative estimate of drug-likeness (QED) is 0.628. The van der Waals surface area contributed by atoms with Crippen molar-refractivity contribution in [3.8, 4) is 11.5 Å². The summed E-state index contributed by atoms with van der Waals surface area (Å²) < 4.78 is 22.5. The lowest BCUT2D eigenvalue weighted by Gasteiger charge is -2.46. The van der Waals surface area contributed by atoms with E-state index in [1.807, 2.05) is 0 Å². The van der Waals surface area contributed by atoms with Crippen LogP contribution in [-0.2, 0) is 23.8 Å². The summed E-state index contributed by atoms with van der Waals surface area (Å²) >= 11 is 0. The number of aromatic hydroxyl groups is 1. The summed E-state index contributed by atoms with van der Waals surface area (Å²) in [5.41, 5.74) is -0.536. The van der Waals surface area contributed by atoms with Crippen LogP contribution in [0.3, 0.4) is 0 Å². The fourth-order valence-corrected chi connectivity index (χ4v) is 4.84. The number of cyclic esters (lactones) is 1. The molecule has 4 aliphatic heterocycles. The molecule has 7 nitrogen and oxygen atoms in total. The Bertz CT molecular complexity index is 859. The van der Waals surface area contributed by atoms with Gasteiger partial charge in [0.05, 0.1) is 7.11 Å². The molecule has 0 saturated carbocycles. The molecule has 4 saturated heterocycles. The molecule has 1 N–H and O–H groups in total. The van der Waals surface area contributed by atoms with Gasteiger partial charge in [-0.1, -0.05) is 6.07 Å². The first-order valence-electron chi connectivity index (χ1n) is 8.60. The van der Waals surface area contributed by atoms with Gasteiger partial charge in [-0.3, -0.25) is 9.59 Å². The van der Waals surface area contributed by atoms with Crippen molar-refractivity contribution >= 4 is 17.8 Å². The van der Waals surface area contributed by atoms with E-state index in [0.29, 0.717) is 36.3 Å². The molecule has 7 heteroatoms. The van der Waals surface area contributed by atoms with Crippen LogP contribution in [0, 0.1) is 5.41 Å². The Kier molecular flexibility index (Phi) is 3.10. The van der Waals surface area contributed by atoms with Gasteiger partial charge >= 0.3 is 5.97 Å². The van der Waals surface area contributed by atoms with E-state index in [9.17, 15) is 14.7 Å². The molecule has 0 radical (unpaired) electrons. The summed E-state index contributed by atoms with van der Waals surface area (Å²) in [7, 11) is 1.46. The van der Waals surface area contributed by atoms with Crippen molar-refractivity contribution < 1.29 is 33.6 Å². The minimum atomic E-state index is -0.923. The van der Waals surface area contributed by atoms with Crippen LogP contribution in [0.5, 0.6) is 11.5 Å². The van der Waals surface area contributed by atoms with Gasteiger partial charge in [0.1, 0.15) is 29.8 Å². The molecule has 0 aromatic heterocycles. The Morgan fingerprint density at radius 2 is 2.19 bits per heavy atom. The predicted octanol–water partition coefficient (Wildman–Crippen LogP) is 1.23. The molecule has 4 atom stereocenters. The molecule has 4 heterocycles. The van der Waals surface area contributed by atoms with Crippen LogP contribution >= 0.6 is 0 Å². The van der Waals surface area contributed by atoms with Gasteiger partial charge in [0.25, 0.3) is 0 Å². The summed E-state index contributed by atoms with van der Waals surface area (Å²) in [6.07, 6.45) is 1.30. The van der Waals surface area contributed by atoms with E-state index in [2.05, 4.69) is 0 Å². The smallest absolute Gasteiger partial charge is 0.315 e. The number of hydrogen-bond acceptors (Lipinski definition) is 7. The number of methoxy groups -OCH3 is 1. The molecule has 5 rings (SSSR count). The molecular weight excluding hydrogens is 340 g/mol. The number of esters is 1. The lowest BCUT2D eigenvalue weighted by Crippen LogP contribution is -2.62. The minimum Gasteiger partial charge on any atom is -0.504 e. The molecular formula is C19H18O7. The van der Waals surface area contributed by atoms with Gasteiger partial charge in [0.2, 0.25) is 0 Å². The monoisotopic (exact) mass is 358 g/mol. The SMILES string of the molecule is COc1cc(/C=C2/C(=O)C3CC45CCOC2C4(COC5=O)O3)ccc1O. The highest BCUT2D eigenvalue weighted by Crippen LogP contribution is 2.62. The Morgan fingerprint density at radius 1 is 1.35 bits per heavy atom. The Hall–Kier alpha value is -2.38. The van der Waals surface area contributed by atoms with E-state index in [-0.39, 0.29) is 24.1 Å². The maximum atomic E-state index is 13.0. The molecule has 0 amide bonds. The van der Waals surface area contributed by atoms with Gasteiger partial charge in [-0.15, -0.1) is 0 Å². The van der Waals surface area contributed by atoms with Crippen molar-refractivity contribution in [1.29, 1.82) is 0 Å². The lowest BCUT2D eigenvalue weighted by atomic mass is 9.67. The molecule has 4 unspecified atom stereocenters. The average molecular weight is 358 g/mol. The third-order valence-corrected chi connectivity index (χ3v) is 6.13. The van der Waals surface area contributed by atoms with Crippen molar-refractivity contribution in [2.75, 3.05) is 20.3 Å². The number of ether oxygens (including phenoxy) is 4. The van der Waals surface area contributed by atoms with Gasteiger partial charge in [0, 0.05) is 18.6 Å². The topological polar surface area (TPSA) is 91.3 Å². The third-order valence-electron chi connectivity index (χ3n) is 6.13. The highest BCUT2D eigenvalue weighted by Gasteiger charge is 2.77. The van der Waals surface area contributed by atoms with E-state index < -0.39 is 23.2 Å². The molecule has 1 aromatic carbocycles. The fraction of sp³-hybridized carbons (Fsp3) is 0.474. The van der Waals surface area contributed by atoms with Crippen LogP contribution in [0.1, 0.15) is 18.4 Å². The van der Waals surface area contributed by atoms with Crippen LogP contribution in [0.15, 0.2) is 23.8 Å². The van der Waals surface area contributed by atoms with Gasteiger partial charge in [-0.25, -0.2) is 0 Å². The van der Waals surface area contributed by atoms with Crippen molar-refractivity contribution in [1.82, 2.24) is 0 Å². The predicted molar refractivity (Wildman–Crippen MR) is 87.6 cm³/mol. The molecule has 1 spiro atoms. The largest absolute Gasteiger partial charge is 0.504 e. The van der Waals surface area contributed by atoms with E-state index in [4.69, 9.17) is 18.9 Å². The number of rotatable bonds is 2. The van der Waals surface area contributed by atoms with Crippen molar-refractivity contribution in [3.63, 3.8) is 0 Å². The molecule has 2 bridgehead atoms. The van der Waals surface area contributed by atoms with Crippen molar-refractivity contribution in [3.05, 3.63) is 29.3 Å². The summed E-state index contributed by atoms with van der Waals surface area (Å²) in [5.74, 6) is -0.0996. The maximum Gasteiger partial charge on any atom is 0.315 e. The lowest BCUT2D eigenvalue weighted by molar-refractivity contribution is -0.197. The second-order valence-electron chi connectivity index (χ2n) is 7.25.